The Bertz CT molecular complexity index is 753. The minimum Gasteiger partial charge on any atom is -0.373 e. The monoisotopic (exact) mass is 323 g/mol. The maximum atomic E-state index is 9.09. The van der Waals surface area contributed by atoms with Crippen molar-refractivity contribution in [2.75, 3.05) is 35.7 Å². The number of anilines is 3. The summed E-state index contributed by atoms with van der Waals surface area (Å²) in [5.41, 5.74) is 1.36. The standard InChI is InChI=1S/C17H21N7/c1-12-5-6-15(23-14(12)9-18)20-10-13-4-3-7-24(13)17-8-16(19-2)21-11-22-17/h5-6,8,11,13H,3-4,7,10H2,1-2H3,(H,20,23)(H,19,21,22). The molecule has 0 spiro atoms. The number of aromatic nitrogens is 3. The molecule has 1 aliphatic rings. The van der Waals surface area contributed by atoms with E-state index in [1.54, 1.807) is 6.33 Å². The van der Waals surface area contributed by atoms with Crippen molar-refractivity contribution in [3.05, 3.63) is 35.8 Å². The van der Waals surface area contributed by atoms with Gasteiger partial charge in [0, 0.05) is 32.2 Å². The topological polar surface area (TPSA) is 89.8 Å². The Morgan fingerprint density at radius 1 is 1.33 bits per heavy atom. The summed E-state index contributed by atoms with van der Waals surface area (Å²) in [6, 6.07) is 8.28. The fourth-order valence-corrected chi connectivity index (χ4v) is 2.95. The number of nitrogens with zero attached hydrogens (tertiary/aromatic N) is 5. The zero-order valence-corrected chi connectivity index (χ0v) is 14.0. The van der Waals surface area contributed by atoms with Crippen LogP contribution in [0.2, 0.25) is 0 Å². The van der Waals surface area contributed by atoms with Gasteiger partial charge in [-0.05, 0) is 31.4 Å². The van der Waals surface area contributed by atoms with Crippen LogP contribution in [0.3, 0.4) is 0 Å². The van der Waals surface area contributed by atoms with E-state index in [-0.39, 0.29) is 0 Å². The Hall–Kier alpha value is -2.88. The number of aryl methyl sites for hydroxylation is 1. The maximum absolute atomic E-state index is 9.09. The number of rotatable bonds is 5. The molecule has 3 rings (SSSR count). The summed E-state index contributed by atoms with van der Waals surface area (Å²) in [7, 11) is 1.85. The van der Waals surface area contributed by atoms with Crippen LogP contribution in [0.5, 0.6) is 0 Å². The summed E-state index contributed by atoms with van der Waals surface area (Å²) < 4.78 is 0. The highest BCUT2D eigenvalue weighted by Gasteiger charge is 2.25. The maximum Gasteiger partial charge on any atom is 0.145 e. The molecule has 1 unspecified atom stereocenters. The molecular formula is C17H21N7. The van der Waals surface area contributed by atoms with Gasteiger partial charge in [-0.3, -0.25) is 0 Å². The van der Waals surface area contributed by atoms with Gasteiger partial charge >= 0.3 is 0 Å². The molecule has 0 aliphatic carbocycles. The van der Waals surface area contributed by atoms with Crippen molar-refractivity contribution < 1.29 is 0 Å². The molecule has 1 fully saturated rings. The van der Waals surface area contributed by atoms with E-state index >= 15 is 0 Å². The molecule has 7 heteroatoms. The van der Waals surface area contributed by atoms with E-state index in [1.807, 2.05) is 32.2 Å². The molecule has 0 saturated carbocycles. The second-order valence-corrected chi connectivity index (χ2v) is 5.86. The molecule has 7 nitrogen and oxygen atoms in total. The molecule has 0 aromatic carbocycles. The zero-order valence-electron chi connectivity index (χ0n) is 14.0. The van der Waals surface area contributed by atoms with Gasteiger partial charge in [0.25, 0.3) is 0 Å². The van der Waals surface area contributed by atoms with E-state index in [0.29, 0.717) is 11.7 Å². The fourth-order valence-electron chi connectivity index (χ4n) is 2.95. The van der Waals surface area contributed by atoms with E-state index < -0.39 is 0 Å². The first-order chi connectivity index (χ1) is 11.7. The first-order valence-electron chi connectivity index (χ1n) is 8.09. The molecule has 1 aliphatic heterocycles. The first-order valence-corrected chi connectivity index (χ1v) is 8.09. The van der Waals surface area contributed by atoms with Gasteiger partial charge in [-0.1, -0.05) is 6.07 Å². The largest absolute Gasteiger partial charge is 0.373 e. The van der Waals surface area contributed by atoms with Crippen LogP contribution in [0.25, 0.3) is 0 Å². The molecule has 1 saturated heterocycles. The van der Waals surface area contributed by atoms with Crippen molar-refractivity contribution in [1.82, 2.24) is 15.0 Å². The minimum absolute atomic E-state index is 0.346. The number of nitriles is 1. The summed E-state index contributed by atoms with van der Waals surface area (Å²) in [5, 5.41) is 15.5. The van der Waals surface area contributed by atoms with Crippen LogP contribution in [-0.4, -0.2) is 41.1 Å². The third-order valence-corrected chi connectivity index (χ3v) is 4.30. The highest BCUT2D eigenvalue weighted by Crippen LogP contribution is 2.25. The van der Waals surface area contributed by atoms with E-state index in [2.05, 4.69) is 36.6 Å². The van der Waals surface area contributed by atoms with Gasteiger partial charge in [0.1, 0.15) is 35.5 Å². The van der Waals surface area contributed by atoms with E-state index in [4.69, 9.17) is 5.26 Å². The van der Waals surface area contributed by atoms with Crippen LogP contribution in [-0.2, 0) is 0 Å². The Morgan fingerprint density at radius 3 is 3.00 bits per heavy atom. The van der Waals surface area contributed by atoms with Crippen molar-refractivity contribution >= 4 is 17.5 Å². The lowest BCUT2D eigenvalue weighted by atomic mass is 10.2. The molecule has 3 heterocycles. The molecule has 124 valence electrons. The average molecular weight is 323 g/mol. The minimum atomic E-state index is 0.346. The van der Waals surface area contributed by atoms with Crippen LogP contribution in [0.15, 0.2) is 24.5 Å². The van der Waals surface area contributed by atoms with Crippen molar-refractivity contribution in [2.24, 2.45) is 0 Å². The van der Waals surface area contributed by atoms with Crippen LogP contribution in [0, 0.1) is 18.3 Å². The van der Waals surface area contributed by atoms with Gasteiger partial charge in [-0.15, -0.1) is 0 Å². The molecule has 1 atom stereocenters. The van der Waals surface area contributed by atoms with Gasteiger partial charge < -0.3 is 15.5 Å². The molecule has 0 amide bonds. The van der Waals surface area contributed by atoms with Gasteiger partial charge in [-0.2, -0.15) is 5.26 Å². The van der Waals surface area contributed by atoms with E-state index in [9.17, 15) is 0 Å². The summed E-state index contributed by atoms with van der Waals surface area (Å²) in [6.45, 7) is 3.64. The Labute approximate surface area is 141 Å². The second kappa shape index (κ2) is 7.13. The molecule has 2 aromatic heterocycles. The van der Waals surface area contributed by atoms with Gasteiger partial charge in [0.15, 0.2) is 0 Å². The summed E-state index contributed by atoms with van der Waals surface area (Å²) in [5.74, 6) is 2.49. The first kappa shape index (κ1) is 16.0. The van der Waals surface area contributed by atoms with Crippen molar-refractivity contribution in [2.45, 2.75) is 25.8 Å². The second-order valence-electron chi connectivity index (χ2n) is 5.86. The van der Waals surface area contributed by atoms with Crippen molar-refractivity contribution in [3.8, 4) is 6.07 Å². The Balaban J connectivity index is 1.69. The normalized spacial score (nSPS) is 16.7. The molecule has 2 N–H and O–H groups in total. The van der Waals surface area contributed by atoms with Crippen LogP contribution in [0.4, 0.5) is 17.5 Å². The van der Waals surface area contributed by atoms with Crippen molar-refractivity contribution in [3.63, 3.8) is 0 Å². The Kier molecular flexibility index (Phi) is 4.75. The van der Waals surface area contributed by atoms with Gasteiger partial charge in [0.05, 0.1) is 0 Å². The quantitative estimate of drug-likeness (QED) is 0.871. The summed E-state index contributed by atoms with van der Waals surface area (Å²) in [4.78, 5) is 15.2. The smallest absolute Gasteiger partial charge is 0.145 e. The van der Waals surface area contributed by atoms with Gasteiger partial charge in [0.2, 0.25) is 0 Å². The highest BCUT2D eigenvalue weighted by molar-refractivity contribution is 5.50. The predicted octanol–water partition coefficient (Wildman–Crippen LogP) is 2.17. The highest BCUT2D eigenvalue weighted by atomic mass is 15.3. The molecule has 2 aromatic rings. The number of pyridine rings is 1. The van der Waals surface area contributed by atoms with E-state index in [0.717, 1.165) is 48.9 Å². The van der Waals surface area contributed by atoms with E-state index in [1.165, 1.54) is 0 Å². The molecule has 0 radical (unpaired) electrons. The van der Waals surface area contributed by atoms with Crippen LogP contribution >= 0.6 is 0 Å². The fraction of sp³-hybridized carbons (Fsp3) is 0.412. The lowest BCUT2D eigenvalue weighted by Gasteiger charge is -2.26. The lowest BCUT2D eigenvalue weighted by Crippen LogP contribution is -2.35. The number of nitrogens with one attached hydrogen (secondary N) is 2. The molecular weight excluding hydrogens is 302 g/mol. The number of hydrogen-bond donors (Lipinski definition) is 2. The van der Waals surface area contributed by atoms with Crippen molar-refractivity contribution in [1.29, 1.82) is 5.26 Å². The van der Waals surface area contributed by atoms with Crippen LogP contribution < -0.4 is 15.5 Å². The SMILES string of the molecule is CNc1cc(N2CCCC2CNc2ccc(C)c(C#N)n2)ncn1. The molecule has 24 heavy (non-hydrogen) atoms. The average Bonchev–Trinajstić information content (AvgIpc) is 3.09. The Morgan fingerprint density at radius 2 is 2.21 bits per heavy atom. The van der Waals surface area contributed by atoms with Gasteiger partial charge in [-0.25, -0.2) is 15.0 Å². The lowest BCUT2D eigenvalue weighted by molar-refractivity contribution is 0.689. The number of hydrogen-bond acceptors (Lipinski definition) is 7. The zero-order chi connectivity index (χ0) is 16.9. The third-order valence-electron chi connectivity index (χ3n) is 4.30. The molecule has 0 bridgehead atoms. The van der Waals surface area contributed by atoms with Crippen LogP contribution in [0.1, 0.15) is 24.1 Å². The predicted molar refractivity (Wildman–Crippen MR) is 94.1 cm³/mol. The summed E-state index contributed by atoms with van der Waals surface area (Å²) in [6.07, 6.45) is 3.82. The summed E-state index contributed by atoms with van der Waals surface area (Å²) >= 11 is 0. The third kappa shape index (κ3) is 3.38.